The fourth-order valence-electron chi connectivity index (χ4n) is 0.211. The van der Waals surface area contributed by atoms with Gasteiger partial charge in [0.25, 0.3) is 0 Å². The summed E-state index contributed by atoms with van der Waals surface area (Å²) in [5, 5.41) is 9.59. The Morgan fingerprint density at radius 3 is 2.38 bits per heavy atom. The average molecular weight is 134 g/mol. The monoisotopic (exact) mass is 133 g/mol. The van der Waals surface area contributed by atoms with Crippen molar-refractivity contribution in [1.29, 1.82) is 5.41 Å². The smallest absolute Gasteiger partial charge is 0.196 e. The zero-order valence-electron chi connectivity index (χ0n) is 4.83. The minimum atomic E-state index is 0.248. The van der Waals surface area contributed by atoms with Gasteiger partial charge in [-0.2, -0.15) is 0 Å². The fraction of sp³-hybridized carbons (Fsp3) is 0.500. The zero-order chi connectivity index (χ0) is 6.57. The van der Waals surface area contributed by atoms with Gasteiger partial charge in [0, 0.05) is 7.05 Å². The average Bonchev–Trinajstić information content (AvgIpc) is 1.65. The van der Waals surface area contributed by atoms with E-state index in [1.807, 2.05) is 0 Å². The lowest BCUT2D eigenvalue weighted by molar-refractivity contribution is 1.26. The Morgan fingerprint density at radius 1 is 1.75 bits per heavy atom. The molecule has 3 nitrogen and oxygen atoms in total. The third-order valence-electron chi connectivity index (χ3n) is 0.487. The molecule has 0 spiro atoms. The summed E-state index contributed by atoms with van der Waals surface area (Å²) in [4.78, 5) is 3.56. The van der Waals surface area contributed by atoms with Gasteiger partial charge in [0.15, 0.2) is 5.29 Å². The molecule has 0 aliphatic heterocycles. The maximum atomic E-state index is 6.85. The molecule has 0 aliphatic carbocycles. The fourth-order valence-corrected chi connectivity index (χ4v) is 0.352. The quantitative estimate of drug-likeness (QED) is 0.287. The molecule has 0 saturated carbocycles. The molecule has 0 bridgehead atoms. The molecule has 0 heterocycles. The van der Waals surface area contributed by atoms with Crippen LogP contribution in [0.15, 0.2) is 4.99 Å². The second-order valence-corrected chi connectivity index (χ2v) is 1.62. The van der Waals surface area contributed by atoms with Crippen LogP contribution in [0.2, 0.25) is 0 Å². The van der Waals surface area contributed by atoms with Gasteiger partial charge in [-0.3, -0.25) is 10.4 Å². The second-order valence-electron chi connectivity index (χ2n) is 1.26. The van der Waals surface area contributed by atoms with Gasteiger partial charge in [-0.25, -0.2) is 0 Å². The van der Waals surface area contributed by atoms with E-state index in [9.17, 15) is 0 Å². The van der Waals surface area contributed by atoms with Gasteiger partial charge in [-0.1, -0.05) is 0 Å². The van der Waals surface area contributed by atoms with Gasteiger partial charge in [-0.05, 0) is 18.5 Å². The third-order valence-corrected chi connectivity index (χ3v) is 0.750. The van der Waals surface area contributed by atoms with Crippen LogP contribution >= 0.6 is 11.6 Å². The molecule has 0 atom stereocenters. The molecule has 0 fully saturated rings. The highest BCUT2D eigenvalue weighted by atomic mass is 35.5. The van der Waals surface area contributed by atoms with Crippen LogP contribution in [0.4, 0.5) is 0 Å². The first-order chi connectivity index (χ1) is 3.66. The SMILES string of the molecule is CN=C(Cl)NC(C)=N. The van der Waals surface area contributed by atoms with Crippen molar-refractivity contribution in [2.24, 2.45) is 4.99 Å². The molecule has 0 aromatic heterocycles. The summed E-state index contributed by atoms with van der Waals surface area (Å²) in [5.41, 5.74) is 0. The van der Waals surface area contributed by atoms with E-state index in [2.05, 4.69) is 10.3 Å². The standard InChI is InChI=1S/C4H8ClN3/c1-3(6)8-4(5)7-2/h1-2H3,(H2,6,7,8). The van der Waals surface area contributed by atoms with Gasteiger partial charge in [-0.15, -0.1) is 0 Å². The Morgan fingerprint density at radius 2 is 2.25 bits per heavy atom. The number of aliphatic imine (C=N–C) groups is 1. The van der Waals surface area contributed by atoms with Crippen molar-refractivity contribution in [2.75, 3.05) is 7.05 Å². The van der Waals surface area contributed by atoms with Crippen LogP contribution < -0.4 is 5.32 Å². The maximum absolute atomic E-state index is 6.85. The second kappa shape index (κ2) is 3.43. The molecule has 0 saturated heterocycles. The summed E-state index contributed by atoms with van der Waals surface area (Å²) in [6.07, 6.45) is 0. The molecule has 2 N–H and O–H groups in total. The molecular formula is C4H8ClN3. The van der Waals surface area contributed by atoms with E-state index in [1.54, 1.807) is 14.0 Å². The Labute approximate surface area is 53.3 Å². The predicted molar refractivity (Wildman–Crippen MR) is 35.7 cm³/mol. The molecule has 0 aromatic carbocycles. The van der Waals surface area contributed by atoms with E-state index in [4.69, 9.17) is 17.0 Å². The van der Waals surface area contributed by atoms with Crippen LogP contribution in [-0.2, 0) is 0 Å². The minimum absolute atomic E-state index is 0.248. The van der Waals surface area contributed by atoms with Crippen molar-refractivity contribution in [3.63, 3.8) is 0 Å². The van der Waals surface area contributed by atoms with Crippen LogP contribution in [0.1, 0.15) is 6.92 Å². The first-order valence-corrected chi connectivity index (χ1v) is 2.49. The molecule has 4 heteroatoms. The van der Waals surface area contributed by atoms with E-state index in [1.165, 1.54) is 0 Å². The van der Waals surface area contributed by atoms with E-state index in [0.717, 1.165) is 0 Å². The first kappa shape index (κ1) is 7.43. The summed E-state index contributed by atoms with van der Waals surface area (Å²) < 4.78 is 0. The predicted octanol–water partition coefficient (Wildman–Crippen LogP) is 0.798. The summed E-state index contributed by atoms with van der Waals surface area (Å²) in [5.74, 6) is 0.292. The Hall–Kier alpha value is -0.570. The Kier molecular flexibility index (Phi) is 3.19. The normalized spacial score (nSPS) is 11.1. The number of nitrogens with zero attached hydrogens (tertiary/aromatic N) is 1. The van der Waals surface area contributed by atoms with Crippen LogP contribution in [0.25, 0.3) is 0 Å². The highest BCUT2D eigenvalue weighted by molar-refractivity contribution is 6.65. The molecule has 0 radical (unpaired) electrons. The van der Waals surface area contributed by atoms with Crippen molar-refractivity contribution >= 4 is 22.7 Å². The lowest BCUT2D eigenvalue weighted by atomic mass is 10.7. The molecule has 0 unspecified atom stereocenters. The zero-order valence-corrected chi connectivity index (χ0v) is 5.58. The molecule has 8 heavy (non-hydrogen) atoms. The molecule has 0 rings (SSSR count). The van der Waals surface area contributed by atoms with Gasteiger partial charge < -0.3 is 5.32 Å². The first-order valence-electron chi connectivity index (χ1n) is 2.11. The van der Waals surface area contributed by atoms with E-state index >= 15 is 0 Å². The summed E-state index contributed by atoms with van der Waals surface area (Å²) in [6, 6.07) is 0. The maximum Gasteiger partial charge on any atom is 0.196 e. The highest BCUT2D eigenvalue weighted by Gasteiger charge is 1.87. The van der Waals surface area contributed by atoms with Crippen molar-refractivity contribution in [3.8, 4) is 0 Å². The van der Waals surface area contributed by atoms with Gasteiger partial charge in [0.1, 0.15) is 0 Å². The van der Waals surface area contributed by atoms with Crippen LogP contribution in [0.5, 0.6) is 0 Å². The summed E-state index contributed by atoms with van der Waals surface area (Å²) >= 11 is 5.36. The van der Waals surface area contributed by atoms with Crippen molar-refractivity contribution in [3.05, 3.63) is 0 Å². The van der Waals surface area contributed by atoms with Crippen LogP contribution in [-0.4, -0.2) is 18.2 Å². The number of hydrogen-bond donors (Lipinski definition) is 2. The topological polar surface area (TPSA) is 48.2 Å². The Bertz CT molecular complexity index is 118. The highest BCUT2D eigenvalue weighted by Crippen LogP contribution is 1.76. The largest absolute Gasteiger partial charge is 0.320 e. The lowest BCUT2D eigenvalue weighted by Crippen LogP contribution is -2.22. The minimum Gasteiger partial charge on any atom is -0.320 e. The van der Waals surface area contributed by atoms with Crippen molar-refractivity contribution in [2.45, 2.75) is 6.92 Å². The number of amidine groups is 2. The lowest BCUT2D eigenvalue weighted by Gasteiger charge is -1.95. The number of nitrogens with one attached hydrogen (secondary N) is 2. The number of halogens is 1. The molecule has 46 valence electrons. The van der Waals surface area contributed by atoms with Crippen molar-refractivity contribution < 1.29 is 0 Å². The third kappa shape index (κ3) is 3.61. The van der Waals surface area contributed by atoms with Gasteiger partial charge in [0.05, 0.1) is 5.84 Å². The molecular weight excluding hydrogens is 126 g/mol. The number of hydrogen-bond acceptors (Lipinski definition) is 2. The van der Waals surface area contributed by atoms with E-state index in [0.29, 0.717) is 5.84 Å². The van der Waals surface area contributed by atoms with Crippen LogP contribution in [0, 0.1) is 5.41 Å². The Balaban J connectivity index is 3.56. The summed E-state index contributed by atoms with van der Waals surface area (Å²) in [7, 11) is 1.55. The van der Waals surface area contributed by atoms with E-state index in [-0.39, 0.29) is 5.29 Å². The molecule has 0 amide bonds. The van der Waals surface area contributed by atoms with E-state index < -0.39 is 0 Å². The van der Waals surface area contributed by atoms with Crippen LogP contribution in [0.3, 0.4) is 0 Å². The summed E-state index contributed by atoms with van der Waals surface area (Å²) in [6.45, 7) is 1.59. The van der Waals surface area contributed by atoms with Gasteiger partial charge in [0.2, 0.25) is 0 Å². The molecule has 0 aliphatic rings. The van der Waals surface area contributed by atoms with Gasteiger partial charge >= 0.3 is 0 Å². The van der Waals surface area contributed by atoms with Crippen molar-refractivity contribution in [1.82, 2.24) is 5.32 Å². The molecule has 0 aromatic rings. The number of rotatable bonds is 0.